The van der Waals surface area contributed by atoms with Gasteiger partial charge in [-0.25, -0.2) is 4.98 Å². The van der Waals surface area contributed by atoms with E-state index in [1.54, 1.807) is 24.3 Å². The highest BCUT2D eigenvalue weighted by Crippen LogP contribution is 2.38. The number of para-hydroxylation sites is 2. The van der Waals surface area contributed by atoms with Gasteiger partial charge < -0.3 is 28.8 Å². The largest absolute Gasteiger partial charge is 0.493 e. The Labute approximate surface area is 214 Å². The number of aromatic nitrogens is 2. The zero-order chi connectivity index (χ0) is 25.7. The summed E-state index contributed by atoms with van der Waals surface area (Å²) in [6.45, 7) is 2.86. The Morgan fingerprint density at radius 3 is 2.31 bits per heavy atom. The van der Waals surface area contributed by atoms with E-state index in [0.29, 0.717) is 41.0 Å². The number of halogens is 1. The second kappa shape index (κ2) is 11.2. The number of carbonyl (C=O) groups excluding carboxylic acids is 1. The predicted octanol–water partition coefficient (Wildman–Crippen LogP) is 5.29. The quantitative estimate of drug-likeness (QED) is 0.313. The van der Waals surface area contributed by atoms with Crippen molar-refractivity contribution in [3.05, 3.63) is 77.1 Å². The normalized spacial score (nSPS) is 11.7. The Kier molecular flexibility index (Phi) is 7.85. The number of nitrogens with one attached hydrogen (secondary N) is 1. The van der Waals surface area contributed by atoms with E-state index >= 15 is 0 Å². The molecule has 0 saturated carbocycles. The van der Waals surface area contributed by atoms with Crippen molar-refractivity contribution in [3.63, 3.8) is 0 Å². The number of amides is 1. The molecular formula is C27H28ClN3O5. The van der Waals surface area contributed by atoms with Crippen LogP contribution in [0.3, 0.4) is 0 Å². The van der Waals surface area contributed by atoms with Gasteiger partial charge in [-0.1, -0.05) is 23.7 Å². The first-order valence-electron chi connectivity index (χ1n) is 11.4. The van der Waals surface area contributed by atoms with Gasteiger partial charge in [0.15, 0.2) is 11.5 Å². The van der Waals surface area contributed by atoms with Gasteiger partial charge in [0, 0.05) is 10.6 Å². The molecule has 0 saturated heterocycles. The van der Waals surface area contributed by atoms with Crippen LogP contribution in [0, 0.1) is 0 Å². The van der Waals surface area contributed by atoms with E-state index in [2.05, 4.69) is 9.88 Å². The lowest BCUT2D eigenvalue weighted by Gasteiger charge is -2.18. The smallest absolute Gasteiger partial charge is 0.252 e. The van der Waals surface area contributed by atoms with E-state index in [1.807, 2.05) is 43.3 Å². The minimum absolute atomic E-state index is 0.294. The Balaban J connectivity index is 1.56. The summed E-state index contributed by atoms with van der Waals surface area (Å²) in [6.07, 6.45) is 0. The van der Waals surface area contributed by atoms with Crippen molar-refractivity contribution in [1.29, 1.82) is 0 Å². The number of hydrogen-bond acceptors (Lipinski definition) is 6. The number of carbonyl (C=O) groups is 1. The zero-order valence-corrected chi connectivity index (χ0v) is 21.3. The van der Waals surface area contributed by atoms with Crippen molar-refractivity contribution >= 4 is 28.5 Å². The second-order valence-electron chi connectivity index (χ2n) is 8.02. The van der Waals surface area contributed by atoms with Gasteiger partial charge >= 0.3 is 0 Å². The summed E-state index contributed by atoms with van der Waals surface area (Å²) in [4.78, 5) is 18.0. The van der Waals surface area contributed by atoms with Crippen LogP contribution in [0.2, 0.25) is 5.02 Å². The minimum Gasteiger partial charge on any atom is -0.493 e. The summed E-state index contributed by atoms with van der Waals surface area (Å²) >= 11 is 5.96. The molecule has 3 aromatic carbocycles. The molecule has 0 aliphatic heterocycles. The number of benzene rings is 3. The Bertz CT molecular complexity index is 1330. The maximum absolute atomic E-state index is 13.2. The summed E-state index contributed by atoms with van der Waals surface area (Å²) in [6, 6.07) is 17.9. The Morgan fingerprint density at radius 2 is 1.67 bits per heavy atom. The van der Waals surface area contributed by atoms with Crippen molar-refractivity contribution < 1.29 is 23.7 Å². The molecule has 4 rings (SSSR count). The van der Waals surface area contributed by atoms with Crippen molar-refractivity contribution in [2.75, 3.05) is 27.9 Å². The van der Waals surface area contributed by atoms with E-state index in [4.69, 9.17) is 35.5 Å². The van der Waals surface area contributed by atoms with Crippen molar-refractivity contribution in [2.45, 2.75) is 19.5 Å². The fraction of sp³-hybridized carbons (Fsp3) is 0.259. The maximum Gasteiger partial charge on any atom is 0.252 e. The number of methoxy groups -OCH3 is 3. The van der Waals surface area contributed by atoms with Crippen LogP contribution < -0.4 is 24.3 Å². The second-order valence-corrected chi connectivity index (χ2v) is 8.46. The van der Waals surface area contributed by atoms with Crippen LogP contribution in [0.4, 0.5) is 0 Å². The molecule has 1 N–H and O–H groups in total. The third kappa shape index (κ3) is 5.33. The van der Waals surface area contributed by atoms with Gasteiger partial charge in [0.1, 0.15) is 18.2 Å². The number of imidazole rings is 1. The molecule has 1 atom stereocenters. The first-order valence-corrected chi connectivity index (χ1v) is 11.8. The van der Waals surface area contributed by atoms with Gasteiger partial charge in [-0.05, 0) is 55.5 Å². The lowest BCUT2D eigenvalue weighted by atomic mass is 10.1. The number of rotatable bonds is 10. The molecular weight excluding hydrogens is 482 g/mol. The fourth-order valence-corrected chi connectivity index (χ4v) is 4.13. The highest BCUT2D eigenvalue weighted by molar-refractivity contribution is 6.30. The molecule has 0 spiro atoms. The summed E-state index contributed by atoms with van der Waals surface area (Å²) < 4.78 is 24.1. The zero-order valence-electron chi connectivity index (χ0n) is 20.6. The highest BCUT2D eigenvalue weighted by atomic mass is 35.5. The lowest BCUT2D eigenvalue weighted by molar-refractivity contribution is 0.0936. The highest BCUT2D eigenvalue weighted by Gasteiger charge is 2.22. The van der Waals surface area contributed by atoms with Crippen LogP contribution in [0.15, 0.2) is 60.7 Å². The van der Waals surface area contributed by atoms with E-state index in [9.17, 15) is 4.79 Å². The molecule has 9 heteroatoms. The minimum atomic E-state index is -0.389. The summed E-state index contributed by atoms with van der Waals surface area (Å²) in [7, 11) is 4.54. The molecule has 1 unspecified atom stereocenters. The monoisotopic (exact) mass is 509 g/mol. The van der Waals surface area contributed by atoms with Gasteiger partial charge in [-0.15, -0.1) is 0 Å². The van der Waals surface area contributed by atoms with Gasteiger partial charge in [-0.3, -0.25) is 4.79 Å². The molecule has 1 amide bonds. The average Bonchev–Trinajstić information content (AvgIpc) is 3.27. The van der Waals surface area contributed by atoms with Gasteiger partial charge in [-0.2, -0.15) is 0 Å². The molecule has 1 heterocycles. The number of fused-ring (bicyclic) bond motifs is 1. The van der Waals surface area contributed by atoms with E-state index in [0.717, 1.165) is 22.6 Å². The third-order valence-corrected chi connectivity index (χ3v) is 6.00. The first-order chi connectivity index (χ1) is 17.4. The summed E-state index contributed by atoms with van der Waals surface area (Å²) in [5.41, 5.74) is 2.18. The Hall–Kier alpha value is -3.91. The Morgan fingerprint density at radius 1 is 1.00 bits per heavy atom. The number of ether oxygens (including phenoxy) is 4. The predicted molar refractivity (Wildman–Crippen MR) is 139 cm³/mol. The standard InChI is InChI=1S/C27H28ClN3O5/c1-17(29-27(32)18-15-23(33-2)25(35-4)24(16-18)34-3)26-30-21-7-5-6-8-22(21)31(26)13-14-36-20-11-9-19(28)10-12-20/h5-12,15-17H,13-14H2,1-4H3,(H,29,32). The molecule has 0 aliphatic carbocycles. The van der Waals surface area contributed by atoms with Crippen molar-refractivity contribution in [1.82, 2.24) is 14.9 Å². The fourth-order valence-electron chi connectivity index (χ4n) is 4.00. The van der Waals surface area contributed by atoms with E-state index in [1.165, 1.54) is 21.3 Å². The molecule has 0 fully saturated rings. The molecule has 0 aliphatic rings. The van der Waals surface area contributed by atoms with Gasteiger partial charge in [0.25, 0.3) is 5.91 Å². The topological polar surface area (TPSA) is 83.8 Å². The van der Waals surface area contributed by atoms with Crippen LogP contribution in [0.5, 0.6) is 23.0 Å². The van der Waals surface area contributed by atoms with Crippen LogP contribution in [-0.2, 0) is 6.54 Å². The first kappa shape index (κ1) is 25.2. The van der Waals surface area contributed by atoms with Crippen molar-refractivity contribution in [3.8, 4) is 23.0 Å². The third-order valence-electron chi connectivity index (χ3n) is 5.74. The van der Waals surface area contributed by atoms with Crippen LogP contribution in [0.25, 0.3) is 11.0 Å². The van der Waals surface area contributed by atoms with E-state index < -0.39 is 0 Å². The van der Waals surface area contributed by atoms with Crippen LogP contribution >= 0.6 is 11.6 Å². The van der Waals surface area contributed by atoms with Crippen LogP contribution in [-0.4, -0.2) is 43.4 Å². The SMILES string of the molecule is COc1cc(C(=O)NC(C)c2nc3ccccc3n2CCOc2ccc(Cl)cc2)cc(OC)c1OC. The molecule has 8 nitrogen and oxygen atoms in total. The van der Waals surface area contributed by atoms with Crippen molar-refractivity contribution in [2.24, 2.45) is 0 Å². The summed E-state index contributed by atoms with van der Waals surface area (Å²) in [5.74, 6) is 2.39. The number of hydrogen-bond donors (Lipinski definition) is 1. The average molecular weight is 510 g/mol. The molecule has 36 heavy (non-hydrogen) atoms. The maximum atomic E-state index is 13.2. The molecule has 0 bridgehead atoms. The molecule has 4 aromatic rings. The number of nitrogens with zero attached hydrogens (tertiary/aromatic N) is 2. The van der Waals surface area contributed by atoms with Gasteiger partial charge in [0.2, 0.25) is 5.75 Å². The van der Waals surface area contributed by atoms with Gasteiger partial charge in [0.05, 0.1) is 44.9 Å². The molecule has 188 valence electrons. The van der Waals surface area contributed by atoms with Crippen LogP contribution in [0.1, 0.15) is 29.1 Å². The van der Waals surface area contributed by atoms with E-state index in [-0.39, 0.29) is 11.9 Å². The molecule has 1 aromatic heterocycles. The lowest BCUT2D eigenvalue weighted by Crippen LogP contribution is -2.29. The summed E-state index contributed by atoms with van der Waals surface area (Å²) in [5, 5.41) is 3.69. The molecule has 0 radical (unpaired) electrons.